The minimum atomic E-state index is -0.547. The van der Waals surface area contributed by atoms with E-state index >= 15 is 0 Å². The zero-order valence-corrected chi connectivity index (χ0v) is 17.7. The van der Waals surface area contributed by atoms with Crippen molar-refractivity contribution in [2.24, 2.45) is 0 Å². The average molecular weight is 425 g/mol. The number of nitrogens with one attached hydrogen (secondary N) is 3. The Morgan fingerprint density at radius 1 is 1.10 bits per heavy atom. The number of aromatic amines is 2. The Morgan fingerprint density at radius 3 is 2.61 bits per heavy atom. The van der Waals surface area contributed by atoms with Crippen LogP contribution in [0.5, 0.6) is 11.6 Å². The highest BCUT2D eigenvalue weighted by molar-refractivity contribution is 5.86. The molecule has 2 aliphatic rings. The molecule has 0 unspecified atom stereocenters. The molecule has 1 aliphatic heterocycles. The number of hydrogen-bond donors (Lipinski definition) is 4. The average Bonchev–Trinajstić information content (AvgIpc) is 2.92. The fourth-order valence-corrected chi connectivity index (χ4v) is 5.25. The van der Waals surface area contributed by atoms with Crippen molar-refractivity contribution in [2.45, 2.75) is 57.0 Å². The summed E-state index contributed by atoms with van der Waals surface area (Å²) < 4.78 is 6.78. The second-order valence-electron chi connectivity index (χ2n) is 8.58. The molecule has 0 saturated heterocycles. The lowest BCUT2D eigenvalue weighted by Gasteiger charge is -2.27. The normalized spacial score (nSPS) is 19.8. The first kappa shape index (κ1) is 19.9. The second-order valence-corrected chi connectivity index (χ2v) is 8.58. The number of methoxy groups -OCH3 is 1. The molecule has 0 radical (unpaired) electrons. The molecule has 0 spiro atoms. The van der Waals surface area contributed by atoms with Crippen LogP contribution in [0.25, 0.3) is 10.9 Å². The SMILES string of the molecule is COc1ccc2[nH]c3c(c2c1)CCN[C@@H]3c1c(O)n(C2CCCCCC2)c(=O)[nH]c1=O. The molecule has 164 valence electrons. The van der Waals surface area contributed by atoms with Gasteiger partial charge in [-0.1, -0.05) is 25.7 Å². The first-order chi connectivity index (χ1) is 15.1. The second kappa shape index (κ2) is 7.92. The number of benzene rings is 1. The number of nitrogens with zero attached hydrogens (tertiary/aromatic N) is 1. The summed E-state index contributed by atoms with van der Waals surface area (Å²) in [6.07, 6.45) is 6.74. The summed E-state index contributed by atoms with van der Waals surface area (Å²) in [6.45, 7) is 0.656. The first-order valence-corrected chi connectivity index (χ1v) is 11.1. The summed E-state index contributed by atoms with van der Waals surface area (Å²) in [6, 6.07) is 5.22. The van der Waals surface area contributed by atoms with E-state index in [4.69, 9.17) is 4.74 Å². The quantitative estimate of drug-likeness (QED) is 0.483. The van der Waals surface area contributed by atoms with Crippen LogP contribution in [0.1, 0.15) is 67.4 Å². The monoisotopic (exact) mass is 424 g/mol. The van der Waals surface area contributed by atoms with Crippen molar-refractivity contribution in [3.05, 3.63) is 55.9 Å². The fourth-order valence-electron chi connectivity index (χ4n) is 5.25. The minimum Gasteiger partial charge on any atom is -0.497 e. The maximum atomic E-state index is 12.9. The van der Waals surface area contributed by atoms with Crippen LogP contribution >= 0.6 is 0 Å². The topological polar surface area (TPSA) is 112 Å². The zero-order chi connectivity index (χ0) is 21.5. The van der Waals surface area contributed by atoms with E-state index in [-0.39, 0.29) is 17.5 Å². The third-order valence-electron chi connectivity index (χ3n) is 6.79. The number of aromatic nitrogens is 3. The van der Waals surface area contributed by atoms with Gasteiger partial charge < -0.3 is 20.1 Å². The Hall–Kier alpha value is -3.00. The lowest BCUT2D eigenvalue weighted by molar-refractivity contribution is 0.329. The summed E-state index contributed by atoms with van der Waals surface area (Å²) in [5.74, 6) is 0.550. The molecular formula is C23H28N4O4. The highest BCUT2D eigenvalue weighted by Gasteiger charge is 2.32. The molecule has 3 heterocycles. The Labute approximate surface area is 179 Å². The Morgan fingerprint density at radius 2 is 1.87 bits per heavy atom. The van der Waals surface area contributed by atoms with Crippen LogP contribution in [-0.2, 0) is 6.42 Å². The summed E-state index contributed by atoms with van der Waals surface area (Å²) in [7, 11) is 1.64. The van der Waals surface area contributed by atoms with E-state index in [2.05, 4.69) is 15.3 Å². The van der Waals surface area contributed by atoms with Gasteiger partial charge in [-0.25, -0.2) is 4.79 Å². The van der Waals surface area contributed by atoms with Gasteiger partial charge in [-0.3, -0.25) is 14.3 Å². The Bertz CT molecular complexity index is 1230. The van der Waals surface area contributed by atoms with Crippen molar-refractivity contribution in [3.8, 4) is 11.6 Å². The van der Waals surface area contributed by atoms with Crippen LogP contribution in [0, 0.1) is 0 Å². The summed E-state index contributed by atoms with van der Waals surface area (Å²) >= 11 is 0. The maximum Gasteiger partial charge on any atom is 0.331 e. The number of aromatic hydroxyl groups is 1. The molecule has 2 aromatic heterocycles. The third kappa shape index (κ3) is 3.35. The van der Waals surface area contributed by atoms with Crippen molar-refractivity contribution < 1.29 is 9.84 Å². The number of H-pyrrole nitrogens is 2. The Balaban J connectivity index is 1.65. The van der Waals surface area contributed by atoms with E-state index in [1.54, 1.807) is 7.11 Å². The van der Waals surface area contributed by atoms with Crippen LogP contribution < -0.4 is 21.3 Å². The molecule has 31 heavy (non-hydrogen) atoms. The number of ether oxygens (including phenoxy) is 1. The van der Waals surface area contributed by atoms with E-state index in [1.165, 1.54) is 4.57 Å². The molecule has 1 atom stereocenters. The predicted molar refractivity (Wildman–Crippen MR) is 118 cm³/mol. The zero-order valence-electron chi connectivity index (χ0n) is 17.7. The maximum absolute atomic E-state index is 12.9. The van der Waals surface area contributed by atoms with Crippen LogP contribution in [0.3, 0.4) is 0 Å². The lowest BCUT2D eigenvalue weighted by Crippen LogP contribution is -2.40. The molecule has 8 heteroatoms. The molecule has 0 amide bonds. The first-order valence-electron chi connectivity index (χ1n) is 11.1. The highest BCUT2D eigenvalue weighted by atomic mass is 16.5. The van der Waals surface area contributed by atoms with Gasteiger partial charge in [0.25, 0.3) is 5.56 Å². The van der Waals surface area contributed by atoms with Gasteiger partial charge in [0.2, 0.25) is 5.88 Å². The number of hydrogen-bond acceptors (Lipinski definition) is 5. The molecule has 1 saturated carbocycles. The lowest BCUT2D eigenvalue weighted by atomic mass is 9.95. The fraction of sp³-hybridized carbons (Fsp3) is 0.478. The van der Waals surface area contributed by atoms with Gasteiger partial charge in [-0.2, -0.15) is 0 Å². The predicted octanol–water partition coefficient (Wildman–Crippen LogP) is 2.86. The van der Waals surface area contributed by atoms with Crippen LogP contribution in [0.15, 0.2) is 27.8 Å². The van der Waals surface area contributed by atoms with Crippen molar-refractivity contribution in [2.75, 3.05) is 13.7 Å². The minimum absolute atomic E-state index is 0.0966. The van der Waals surface area contributed by atoms with E-state index in [0.717, 1.165) is 72.9 Å². The molecule has 1 fully saturated rings. The van der Waals surface area contributed by atoms with Crippen molar-refractivity contribution in [1.82, 2.24) is 19.9 Å². The number of fused-ring (bicyclic) bond motifs is 3. The van der Waals surface area contributed by atoms with E-state index < -0.39 is 17.3 Å². The van der Waals surface area contributed by atoms with Crippen molar-refractivity contribution >= 4 is 10.9 Å². The van der Waals surface area contributed by atoms with Gasteiger partial charge >= 0.3 is 5.69 Å². The van der Waals surface area contributed by atoms with Crippen LogP contribution in [-0.4, -0.2) is 33.3 Å². The van der Waals surface area contributed by atoms with Gasteiger partial charge in [0.15, 0.2) is 0 Å². The molecular weight excluding hydrogens is 396 g/mol. The molecule has 3 aromatic rings. The van der Waals surface area contributed by atoms with E-state index in [0.29, 0.717) is 6.54 Å². The van der Waals surface area contributed by atoms with Gasteiger partial charge in [0.05, 0.1) is 13.2 Å². The van der Waals surface area contributed by atoms with Crippen molar-refractivity contribution in [3.63, 3.8) is 0 Å². The number of rotatable bonds is 3. The summed E-state index contributed by atoms with van der Waals surface area (Å²) in [4.78, 5) is 31.4. The third-order valence-corrected chi connectivity index (χ3v) is 6.79. The highest BCUT2D eigenvalue weighted by Crippen LogP contribution is 2.37. The van der Waals surface area contributed by atoms with Crippen molar-refractivity contribution in [1.29, 1.82) is 0 Å². The van der Waals surface area contributed by atoms with Crippen LogP contribution in [0.4, 0.5) is 0 Å². The molecule has 8 nitrogen and oxygen atoms in total. The van der Waals surface area contributed by atoms with Gasteiger partial charge in [0, 0.05) is 29.2 Å². The van der Waals surface area contributed by atoms with Crippen LogP contribution in [0.2, 0.25) is 0 Å². The smallest absolute Gasteiger partial charge is 0.331 e. The molecule has 5 rings (SSSR count). The standard InChI is InChI=1S/C23H28N4O4/c1-31-14-8-9-17-16(12-14)15-10-11-24-20(19(15)25-17)18-21(28)26-23(30)27(22(18)29)13-6-4-2-3-5-7-13/h8-9,12-13,20,24-25,29H,2-7,10-11H2,1H3,(H,26,28,30)/t20-/m1/s1. The molecule has 4 N–H and O–H groups in total. The van der Waals surface area contributed by atoms with Gasteiger partial charge in [-0.05, 0) is 43.0 Å². The summed E-state index contributed by atoms with van der Waals surface area (Å²) in [5.41, 5.74) is 2.02. The molecule has 1 aromatic carbocycles. The largest absolute Gasteiger partial charge is 0.497 e. The molecule has 1 aliphatic carbocycles. The summed E-state index contributed by atoms with van der Waals surface area (Å²) in [5, 5.41) is 15.6. The van der Waals surface area contributed by atoms with E-state index in [9.17, 15) is 14.7 Å². The Kier molecular flexibility index (Phi) is 5.09. The van der Waals surface area contributed by atoms with E-state index in [1.807, 2.05) is 18.2 Å². The van der Waals surface area contributed by atoms with Gasteiger partial charge in [-0.15, -0.1) is 0 Å². The van der Waals surface area contributed by atoms with Gasteiger partial charge in [0.1, 0.15) is 11.3 Å². The molecule has 0 bridgehead atoms.